The van der Waals surface area contributed by atoms with E-state index in [4.69, 9.17) is 0 Å². The number of benzene rings is 2. The van der Waals surface area contributed by atoms with Crippen LogP contribution < -0.4 is 0 Å². The summed E-state index contributed by atoms with van der Waals surface area (Å²) in [7, 11) is 0. The standard InChI is InChI=1S/C15H13BrFIN4O.C15H13BrFIN4/c1-2-21-8-9(7-19-21)15(23)13-6-14(16)20-22(13)12-4-3-10(17)5-11(12)18;1-2-21-9-10(8-19-21)5-12-7-15(16)20-22(12)14-4-3-11(17)6-13(14)18/h3-8,15,23H,2H2,1H3;3-4,6-9H,2,5H2,1H3. The van der Waals surface area contributed by atoms with Crippen LogP contribution in [0.5, 0.6) is 0 Å². The van der Waals surface area contributed by atoms with Gasteiger partial charge >= 0.3 is 0 Å². The van der Waals surface area contributed by atoms with Gasteiger partial charge in [-0.15, -0.1) is 0 Å². The summed E-state index contributed by atoms with van der Waals surface area (Å²) in [6.07, 6.45) is 7.16. The van der Waals surface area contributed by atoms with E-state index in [9.17, 15) is 13.9 Å². The van der Waals surface area contributed by atoms with E-state index in [0.717, 1.165) is 38.2 Å². The highest BCUT2D eigenvalue weighted by atomic mass is 127. The van der Waals surface area contributed by atoms with E-state index in [1.54, 1.807) is 40.0 Å². The van der Waals surface area contributed by atoms with Gasteiger partial charge in [0, 0.05) is 50.3 Å². The Kier molecular flexibility index (Phi) is 11.3. The Morgan fingerprint density at radius 2 is 1.33 bits per heavy atom. The molecule has 1 N–H and O–H groups in total. The summed E-state index contributed by atoms with van der Waals surface area (Å²) >= 11 is 10.9. The zero-order chi connectivity index (χ0) is 32.2. The first-order valence-corrected chi connectivity index (χ1v) is 17.4. The molecule has 6 aromatic rings. The molecule has 9 nitrogen and oxygen atoms in total. The Balaban J connectivity index is 0.000000178. The lowest BCUT2D eigenvalue weighted by molar-refractivity contribution is 0.212. The van der Waals surface area contributed by atoms with Crippen LogP contribution >= 0.6 is 77.0 Å². The summed E-state index contributed by atoms with van der Waals surface area (Å²) in [6, 6.07) is 12.9. The number of aliphatic hydroxyl groups excluding tert-OH is 1. The maximum absolute atomic E-state index is 13.3. The lowest BCUT2D eigenvalue weighted by Crippen LogP contribution is -2.09. The Morgan fingerprint density at radius 3 is 1.91 bits per heavy atom. The molecule has 0 aliphatic rings. The third-order valence-electron chi connectivity index (χ3n) is 6.71. The second-order valence-electron chi connectivity index (χ2n) is 9.78. The van der Waals surface area contributed by atoms with E-state index in [0.29, 0.717) is 31.5 Å². The fraction of sp³-hybridized carbons (Fsp3) is 0.200. The summed E-state index contributed by atoms with van der Waals surface area (Å²) in [4.78, 5) is 0. The Bertz CT molecular complexity index is 1940. The average molecular weight is 966 g/mol. The fourth-order valence-electron chi connectivity index (χ4n) is 4.53. The molecule has 0 aliphatic heterocycles. The maximum Gasteiger partial charge on any atom is 0.128 e. The van der Waals surface area contributed by atoms with E-state index in [-0.39, 0.29) is 11.6 Å². The van der Waals surface area contributed by atoms with Gasteiger partial charge in [0.15, 0.2) is 0 Å². The van der Waals surface area contributed by atoms with Crippen molar-refractivity contribution in [2.45, 2.75) is 39.5 Å². The second-order valence-corrected chi connectivity index (χ2v) is 13.7. The van der Waals surface area contributed by atoms with E-state index in [1.807, 2.05) is 57.3 Å². The van der Waals surface area contributed by atoms with Crippen molar-refractivity contribution in [3.05, 3.63) is 124 Å². The summed E-state index contributed by atoms with van der Waals surface area (Å²) in [6.45, 7) is 5.60. The van der Waals surface area contributed by atoms with E-state index < -0.39 is 6.10 Å². The molecule has 0 bridgehead atoms. The minimum atomic E-state index is -0.880. The van der Waals surface area contributed by atoms with Crippen molar-refractivity contribution in [3.63, 3.8) is 0 Å². The number of halogens is 6. The van der Waals surface area contributed by atoms with Gasteiger partial charge in [-0.1, -0.05) is 0 Å². The van der Waals surface area contributed by atoms with Crippen molar-refractivity contribution in [1.29, 1.82) is 0 Å². The normalized spacial score (nSPS) is 11.8. The number of rotatable bonds is 8. The zero-order valence-electron chi connectivity index (χ0n) is 23.9. The largest absolute Gasteiger partial charge is 0.382 e. The number of aryl methyl sites for hydroxylation is 2. The highest BCUT2D eigenvalue weighted by Gasteiger charge is 2.21. The average Bonchev–Trinajstić information content (AvgIpc) is 3.80. The topological polar surface area (TPSA) is 91.5 Å². The molecule has 4 aromatic heterocycles. The minimum Gasteiger partial charge on any atom is -0.382 e. The molecule has 0 radical (unpaired) electrons. The molecule has 0 amide bonds. The van der Waals surface area contributed by atoms with Crippen LogP contribution in [0.15, 0.2) is 82.5 Å². The molecule has 1 unspecified atom stereocenters. The van der Waals surface area contributed by atoms with Gasteiger partial charge in [0.2, 0.25) is 0 Å². The minimum absolute atomic E-state index is 0.245. The van der Waals surface area contributed by atoms with Gasteiger partial charge in [0.05, 0.1) is 29.5 Å². The summed E-state index contributed by atoms with van der Waals surface area (Å²) < 4.78 is 36.6. The summed E-state index contributed by atoms with van der Waals surface area (Å²) in [5.74, 6) is -0.555. The van der Waals surface area contributed by atoms with Gasteiger partial charge in [0.25, 0.3) is 0 Å². The fourth-order valence-corrected chi connectivity index (χ4v) is 6.75. The number of aliphatic hydroxyl groups is 1. The molecule has 0 fully saturated rings. The van der Waals surface area contributed by atoms with Crippen LogP contribution in [0.25, 0.3) is 11.4 Å². The highest BCUT2D eigenvalue weighted by Crippen LogP contribution is 2.29. The molecule has 6 rings (SSSR count). The molecular weight excluding hydrogens is 940 g/mol. The molecule has 0 aliphatic carbocycles. The van der Waals surface area contributed by atoms with Gasteiger partial charge in [-0.2, -0.15) is 20.4 Å². The van der Waals surface area contributed by atoms with Gasteiger partial charge in [-0.3, -0.25) is 9.36 Å². The lowest BCUT2D eigenvalue weighted by Gasteiger charge is -2.13. The quantitative estimate of drug-likeness (QED) is 0.157. The number of hydrogen-bond acceptors (Lipinski definition) is 5. The molecule has 15 heteroatoms. The Labute approximate surface area is 302 Å². The molecule has 2 aromatic carbocycles. The van der Waals surface area contributed by atoms with Crippen molar-refractivity contribution in [3.8, 4) is 11.4 Å². The van der Waals surface area contributed by atoms with Crippen molar-refractivity contribution >= 4 is 77.0 Å². The van der Waals surface area contributed by atoms with Crippen LogP contribution in [0, 0.1) is 18.8 Å². The van der Waals surface area contributed by atoms with E-state index in [1.165, 1.54) is 24.3 Å². The maximum atomic E-state index is 13.3. The third kappa shape index (κ3) is 8.09. The van der Waals surface area contributed by atoms with E-state index >= 15 is 0 Å². The Hall–Kier alpha value is -2.48. The van der Waals surface area contributed by atoms with Crippen LogP contribution in [0.1, 0.15) is 42.5 Å². The molecular formula is C30H26Br2F2I2N8O. The number of hydrogen-bond donors (Lipinski definition) is 1. The molecule has 0 saturated carbocycles. The zero-order valence-corrected chi connectivity index (χ0v) is 31.4. The van der Waals surface area contributed by atoms with Crippen LogP contribution in [0.2, 0.25) is 0 Å². The predicted octanol–water partition coefficient (Wildman–Crippen LogP) is 7.86. The van der Waals surface area contributed by atoms with Crippen LogP contribution in [-0.2, 0) is 19.5 Å². The smallest absolute Gasteiger partial charge is 0.128 e. The third-order valence-corrected chi connectivity index (χ3v) is 9.21. The monoisotopic (exact) mass is 964 g/mol. The van der Waals surface area contributed by atoms with Crippen molar-refractivity contribution < 1.29 is 13.9 Å². The first kappa shape index (κ1) is 33.9. The second kappa shape index (κ2) is 15.0. The molecule has 4 heterocycles. The number of aromatic nitrogens is 8. The van der Waals surface area contributed by atoms with Gasteiger partial charge in [-0.25, -0.2) is 18.1 Å². The first-order valence-electron chi connectivity index (χ1n) is 13.7. The van der Waals surface area contributed by atoms with E-state index in [2.05, 4.69) is 81.8 Å². The molecule has 1 atom stereocenters. The van der Waals surface area contributed by atoms with Gasteiger partial charge < -0.3 is 5.11 Å². The summed E-state index contributed by atoms with van der Waals surface area (Å²) in [5, 5.41) is 28.0. The first-order chi connectivity index (χ1) is 21.6. The predicted molar refractivity (Wildman–Crippen MR) is 191 cm³/mol. The van der Waals surface area contributed by atoms with Crippen molar-refractivity contribution in [1.82, 2.24) is 39.1 Å². The molecule has 234 valence electrons. The van der Waals surface area contributed by atoms with Gasteiger partial charge in [0.1, 0.15) is 26.9 Å². The van der Waals surface area contributed by atoms with Crippen LogP contribution in [0.3, 0.4) is 0 Å². The number of nitrogens with zero attached hydrogens (tertiary/aromatic N) is 8. The molecule has 0 saturated heterocycles. The molecule has 45 heavy (non-hydrogen) atoms. The van der Waals surface area contributed by atoms with Crippen molar-refractivity contribution in [2.75, 3.05) is 0 Å². The van der Waals surface area contributed by atoms with Crippen LogP contribution in [-0.4, -0.2) is 44.2 Å². The highest BCUT2D eigenvalue weighted by molar-refractivity contribution is 14.1. The lowest BCUT2D eigenvalue weighted by atomic mass is 10.1. The van der Waals surface area contributed by atoms with Crippen molar-refractivity contribution in [2.24, 2.45) is 0 Å². The Morgan fingerprint density at radius 1 is 0.778 bits per heavy atom. The van der Waals surface area contributed by atoms with Gasteiger partial charge in [-0.05, 0) is 145 Å². The molecule has 0 spiro atoms. The van der Waals surface area contributed by atoms with Crippen LogP contribution in [0.4, 0.5) is 8.78 Å². The SMILES string of the molecule is CCn1cc(C(O)c2cc(Br)nn2-c2ccc(F)cc2I)cn1.CCn1cc(Cc2cc(Br)nn2-c2ccc(F)cc2I)cn1. The summed E-state index contributed by atoms with van der Waals surface area (Å²) in [5.41, 5.74) is 4.97.